The smallest absolute Gasteiger partial charge is 0.134 e. The van der Waals surface area contributed by atoms with Crippen LogP contribution in [-0.4, -0.2) is 12.6 Å². The van der Waals surface area contributed by atoms with E-state index < -0.39 is 5.67 Å². The lowest BCUT2D eigenvalue weighted by Gasteiger charge is -2.31. The van der Waals surface area contributed by atoms with Crippen molar-refractivity contribution in [1.82, 2.24) is 5.32 Å². The van der Waals surface area contributed by atoms with E-state index in [1.807, 2.05) is 12.1 Å². The van der Waals surface area contributed by atoms with Crippen LogP contribution >= 0.6 is 0 Å². The van der Waals surface area contributed by atoms with Gasteiger partial charge in [-0.25, -0.2) is 4.39 Å². The summed E-state index contributed by atoms with van der Waals surface area (Å²) in [6, 6.07) is 8.65. The normalized spacial score (nSPS) is 26.8. The Labute approximate surface area is 122 Å². The molecule has 1 saturated carbocycles. The minimum absolute atomic E-state index is 0.338. The van der Waals surface area contributed by atoms with E-state index in [1.54, 1.807) is 6.92 Å². The first-order valence-electron chi connectivity index (χ1n) is 8.18. The van der Waals surface area contributed by atoms with E-state index in [0.29, 0.717) is 12.5 Å². The highest BCUT2D eigenvalue weighted by Gasteiger charge is 2.30. The highest BCUT2D eigenvalue weighted by Crippen LogP contribution is 2.38. The van der Waals surface area contributed by atoms with Crippen LogP contribution in [0.2, 0.25) is 0 Å². The molecule has 0 bridgehead atoms. The molecule has 0 amide bonds. The van der Waals surface area contributed by atoms with E-state index in [1.165, 1.54) is 37.7 Å². The van der Waals surface area contributed by atoms with E-state index in [-0.39, 0.29) is 0 Å². The van der Waals surface area contributed by atoms with Crippen molar-refractivity contribution in [1.29, 1.82) is 0 Å². The molecule has 1 N–H and O–H groups in total. The van der Waals surface area contributed by atoms with E-state index >= 15 is 0 Å². The molecular weight excluding hydrogens is 249 g/mol. The third kappa shape index (κ3) is 3.06. The van der Waals surface area contributed by atoms with Crippen molar-refractivity contribution < 1.29 is 4.39 Å². The summed E-state index contributed by atoms with van der Waals surface area (Å²) in [6.07, 6.45) is 8.12. The molecule has 1 nitrogen and oxygen atoms in total. The van der Waals surface area contributed by atoms with Crippen LogP contribution in [0.4, 0.5) is 4.39 Å². The van der Waals surface area contributed by atoms with Crippen molar-refractivity contribution >= 4 is 0 Å². The molecule has 2 atom stereocenters. The number of benzene rings is 1. The molecule has 1 aromatic carbocycles. The third-order valence-electron chi connectivity index (χ3n) is 5.13. The molecule has 1 heterocycles. The monoisotopic (exact) mass is 275 g/mol. The topological polar surface area (TPSA) is 12.0 Å². The van der Waals surface area contributed by atoms with E-state index in [4.69, 9.17) is 0 Å². The number of nitrogens with one attached hydrogen (secondary N) is 1. The van der Waals surface area contributed by atoms with Gasteiger partial charge in [-0.1, -0.05) is 37.1 Å². The summed E-state index contributed by atoms with van der Waals surface area (Å²) in [7, 11) is 0. The maximum absolute atomic E-state index is 15.0. The van der Waals surface area contributed by atoms with Crippen molar-refractivity contribution in [2.75, 3.05) is 6.54 Å². The SMILES string of the molecule is CC(F)(CC1CCCCN1)c1ccc(C2CCC2)cc1. The number of hydrogen-bond acceptors (Lipinski definition) is 1. The zero-order chi connectivity index (χ0) is 14.0. The van der Waals surface area contributed by atoms with Crippen LogP contribution in [0.25, 0.3) is 0 Å². The second-order valence-electron chi connectivity index (χ2n) is 6.80. The van der Waals surface area contributed by atoms with E-state index in [9.17, 15) is 4.39 Å². The molecular formula is C18H26FN. The summed E-state index contributed by atoms with van der Waals surface area (Å²) in [6.45, 7) is 2.78. The molecule has 3 rings (SSSR count). The van der Waals surface area contributed by atoms with Gasteiger partial charge in [0.1, 0.15) is 5.67 Å². The van der Waals surface area contributed by atoms with Crippen LogP contribution in [0.3, 0.4) is 0 Å². The lowest BCUT2D eigenvalue weighted by atomic mass is 9.79. The number of rotatable bonds is 4. The molecule has 1 saturated heterocycles. The molecule has 1 aliphatic heterocycles. The first-order chi connectivity index (χ1) is 9.65. The van der Waals surface area contributed by atoms with E-state index in [0.717, 1.165) is 24.4 Å². The Morgan fingerprint density at radius 2 is 1.85 bits per heavy atom. The highest BCUT2D eigenvalue weighted by molar-refractivity contribution is 5.30. The predicted molar refractivity (Wildman–Crippen MR) is 81.8 cm³/mol. The van der Waals surface area contributed by atoms with Crippen molar-refractivity contribution in [3.8, 4) is 0 Å². The summed E-state index contributed by atoms with van der Waals surface area (Å²) >= 11 is 0. The van der Waals surface area contributed by atoms with E-state index in [2.05, 4.69) is 17.4 Å². The molecule has 0 spiro atoms. The molecule has 20 heavy (non-hydrogen) atoms. The van der Waals surface area contributed by atoms with Gasteiger partial charge in [0, 0.05) is 12.5 Å². The molecule has 2 aliphatic rings. The summed E-state index contributed by atoms with van der Waals surface area (Å²) < 4.78 is 15.0. The Morgan fingerprint density at radius 3 is 2.40 bits per heavy atom. The Kier molecular flexibility index (Phi) is 4.11. The highest BCUT2D eigenvalue weighted by atomic mass is 19.1. The number of piperidine rings is 1. The third-order valence-corrected chi connectivity index (χ3v) is 5.13. The van der Waals surface area contributed by atoms with Crippen LogP contribution in [0.15, 0.2) is 24.3 Å². The summed E-state index contributed by atoms with van der Waals surface area (Å²) in [5.41, 5.74) is 1.02. The Bertz CT molecular complexity index is 427. The molecule has 1 aromatic rings. The average Bonchev–Trinajstić information content (AvgIpc) is 2.38. The maximum atomic E-state index is 15.0. The molecule has 0 aromatic heterocycles. The van der Waals surface area contributed by atoms with Crippen molar-refractivity contribution in [2.45, 2.75) is 69.5 Å². The van der Waals surface area contributed by atoms with Crippen LogP contribution in [0.1, 0.15) is 68.9 Å². The van der Waals surface area contributed by atoms with Gasteiger partial charge in [-0.3, -0.25) is 0 Å². The van der Waals surface area contributed by atoms with Gasteiger partial charge in [-0.2, -0.15) is 0 Å². The summed E-state index contributed by atoms with van der Waals surface area (Å²) in [5.74, 6) is 0.731. The van der Waals surface area contributed by atoms with Gasteiger partial charge in [-0.15, -0.1) is 0 Å². The lowest BCUT2D eigenvalue weighted by molar-refractivity contribution is 0.146. The van der Waals surface area contributed by atoms with Crippen LogP contribution < -0.4 is 5.32 Å². The zero-order valence-electron chi connectivity index (χ0n) is 12.5. The largest absolute Gasteiger partial charge is 0.314 e. The molecule has 1 aliphatic carbocycles. The van der Waals surface area contributed by atoms with Crippen molar-refractivity contribution in [3.63, 3.8) is 0 Å². The number of alkyl halides is 1. The second kappa shape index (κ2) is 5.85. The van der Waals surface area contributed by atoms with Gasteiger partial charge in [0.25, 0.3) is 0 Å². The summed E-state index contributed by atoms with van der Waals surface area (Å²) in [5, 5.41) is 3.45. The van der Waals surface area contributed by atoms with Gasteiger partial charge in [0.05, 0.1) is 0 Å². The van der Waals surface area contributed by atoms with Gasteiger partial charge >= 0.3 is 0 Å². The quantitative estimate of drug-likeness (QED) is 0.842. The fourth-order valence-corrected chi connectivity index (χ4v) is 3.52. The molecule has 2 fully saturated rings. The molecule has 2 unspecified atom stereocenters. The van der Waals surface area contributed by atoms with Crippen molar-refractivity contribution in [2.24, 2.45) is 0 Å². The van der Waals surface area contributed by atoms with Crippen LogP contribution in [0.5, 0.6) is 0 Å². The minimum Gasteiger partial charge on any atom is -0.314 e. The Balaban J connectivity index is 1.66. The predicted octanol–water partition coefficient (Wildman–Crippen LogP) is 4.67. The summed E-state index contributed by atoms with van der Waals surface area (Å²) in [4.78, 5) is 0. The standard InChI is InChI=1S/C18H26FN/c1-18(19,13-17-7-2-3-12-20-17)16-10-8-15(9-11-16)14-5-4-6-14/h8-11,14,17,20H,2-7,12-13H2,1H3. The van der Waals surface area contributed by atoms with Crippen LogP contribution in [-0.2, 0) is 5.67 Å². The fraction of sp³-hybridized carbons (Fsp3) is 0.667. The molecule has 110 valence electrons. The Morgan fingerprint density at radius 1 is 1.10 bits per heavy atom. The first kappa shape index (κ1) is 14.1. The van der Waals surface area contributed by atoms with Gasteiger partial charge in [0.2, 0.25) is 0 Å². The zero-order valence-corrected chi connectivity index (χ0v) is 12.5. The minimum atomic E-state index is -1.22. The second-order valence-corrected chi connectivity index (χ2v) is 6.80. The first-order valence-corrected chi connectivity index (χ1v) is 8.18. The van der Waals surface area contributed by atoms with Crippen LogP contribution in [0, 0.1) is 0 Å². The number of halogens is 1. The van der Waals surface area contributed by atoms with Crippen molar-refractivity contribution in [3.05, 3.63) is 35.4 Å². The Hall–Kier alpha value is -0.890. The van der Waals surface area contributed by atoms with Gasteiger partial charge in [-0.05, 0) is 56.2 Å². The lowest BCUT2D eigenvalue weighted by Crippen LogP contribution is -2.38. The van der Waals surface area contributed by atoms with Gasteiger partial charge < -0.3 is 5.32 Å². The average molecular weight is 275 g/mol. The molecule has 2 heteroatoms. The maximum Gasteiger partial charge on any atom is 0.134 e. The molecule has 0 radical (unpaired) electrons. The van der Waals surface area contributed by atoms with Gasteiger partial charge in [0.15, 0.2) is 0 Å². The fourth-order valence-electron chi connectivity index (χ4n) is 3.52. The number of hydrogen-bond donors (Lipinski definition) is 1.